The fraction of sp³-hybridized carbons (Fsp3) is 0.500. The van der Waals surface area contributed by atoms with Crippen LogP contribution in [0.25, 0.3) is 5.57 Å². The summed E-state index contributed by atoms with van der Waals surface area (Å²) in [6, 6.07) is 4.45. The molecule has 1 aliphatic rings. The van der Waals surface area contributed by atoms with Crippen molar-refractivity contribution in [1.29, 1.82) is 0 Å². The molecule has 2 unspecified atom stereocenters. The van der Waals surface area contributed by atoms with Crippen LogP contribution in [-0.2, 0) is 9.47 Å². The monoisotopic (exact) mass is 393 g/mol. The van der Waals surface area contributed by atoms with Crippen molar-refractivity contribution in [3.05, 3.63) is 50.4 Å². The molecule has 2 aromatic rings. The second-order valence-corrected chi connectivity index (χ2v) is 8.00. The van der Waals surface area contributed by atoms with Crippen molar-refractivity contribution in [3.63, 3.8) is 0 Å². The van der Waals surface area contributed by atoms with E-state index in [-0.39, 0.29) is 19.1 Å². The second-order valence-electron chi connectivity index (χ2n) is 6.44. The first-order valence-electron chi connectivity index (χ1n) is 9.08. The van der Waals surface area contributed by atoms with Crippen molar-refractivity contribution >= 4 is 28.2 Å². The summed E-state index contributed by atoms with van der Waals surface area (Å²) >= 11 is 3.51. The Labute approximate surface area is 163 Å². The zero-order valence-corrected chi connectivity index (χ0v) is 17.0. The lowest BCUT2D eigenvalue weighted by Crippen LogP contribution is -2.41. The van der Waals surface area contributed by atoms with Gasteiger partial charge >= 0.3 is 0 Å². The number of nitrogens with zero attached hydrogens (tertiary/aromatic N) is 1. The van der Waals surface area contributed by atoms with Crippen molar-refractivity contribution in [2.75, 3.05) is 26.3 Å². The van der Waals surface area contributed by atoms with Crippen molar-refractivity contribution in [2.24, 2.45) is 0 Å². The van der Waals surface area contributed by atoms with Gasteiger partial charge in [-0.1, -0.05) is 5.57 Å². The molecule has 0 bridgehead atoms. The third-order valence-corrected chi connectivity index (χ3v) is 6.09. The van der Waals surface area contributed by atoms with Gasteiger partial charge in [-0.2, -0.15) is 22.7 Å². The predicted octanol–water partition coefficient (Wildman–Crippen LogP) is 4.42. The third kappa shape index (κ3) is 5.03. The summed E-state index contributed by atoms with van der Waals surface area (Å²) in [6.45, 7) is 6.26. The second kappa shape index (κ2) is 9.78. The van der Waals surface area contributed by atoms with E-state index < -0.39 is 0 Å². The summed E-state index contributed by atoms with van der Waals surface area (Å²) in [7, 11) is 0. The Morgan fingerprint density at radius 2 is 1.73 bits per heavy atom. The summed E-state index contributed by atoms with van der Waals surface area (Å²) in [4.78, 5) is 2.36. The lowest BCUT2D eigenvalue weighted by molar-refractivity contribution is -0.196. The zero-order chi connectivity index (χ0) is 18.4. The van der Waals surface area contributed by atoms with E-state index in [9.17, 15) is 0 Å². The van der Waals surface area contributed by atoms with Gasteiger partial charge in [0.25, 0.3) is 0 Å². The minimum Gasteiger partial charge on any atom is -0.394 e. The molecule has 1 saturated heterocycles. The SMILES string of the molecule is CC(OCCO)OC(C)N1CCC(=C(c2ccsc2)c2ccsc2)CC1. The Balaban J connectivity index is 1.65. The molecule has 0 amide bonds. The molecule has 26 heavy (non-hydrogen) atoms. The predicted molar refractivity (Wildman–Crippen MR) is 109 cm³/mol. The number of likely N-dealkylation sites (tertiary alicyclic amines) is 1. The summed E-state index contributed by atoms with van der Waals surface area (Å²) in [5.74, 6) is 0. The van der Waals surface area contributed by atoms with Crippen LogP contribution in [0.1, 0.15) is 37.8 Å². The Morgan fingerprint density at radius 3 is 2.23 bits per heavy atom. The molecule has 3 heterocycles. The highest BCUT2D eigenvalue weighted by Gasteiger charge is 2.24. The van der Waals surface area contributed by atoms with E-state index in [0.29, 0.717) is 6.61 Å². The fourth-order valence-corrected chi connectivity index (χ4v) is 4.71. The van der Waals surface area contributed by atoms with Crippen LogP contribution in [0.2, 0.25) is 0 Å². The Kier molecular flexibility index (Phi) is 7.42. The van der Waals surface area contributed by atoms with Crippen LogP contribution < -0.4 is 0 Å². The average molecular weight is 394 g/mol. The molecule has 0 aromatic carbocycles. The fourth-order valence-electron chi connectivity index (χ4n) is 3.42. The Morgan fingerprint density at radius 1 is 1.12 bits per heavy atom. The summed E-state index contributed by atoms with van der Waals surface area (Å²) in [5, 5.41) is 17.6. The first-order chi connectivity index (χ1) is 12.7. The van der Waals surface area contributed by atoms with E-state index in [1.165, 1.54) is 22.3 Å². The first kappa shape index (κ1) is 19.7. The van der Waals surface area contributed by atoms with Gasteiger partial charge in [0.05, 0.1) is 13.2 Å². The summed E-state index contributed by atoms with van der Waals surface area (Å²) in [5.41, 5.74) is 5.63. The van der Waals surface area contributed by atoms with Crippen LogP contribution in [0.3, 0.4) is 0 Å². The van der Waals surface area contributed by atoms with Gasteiger partial charge < -0.3 is 14.6 Å². The summed E-state index contributed by atoms with van der Waals surface area (Å²) in [6.07, 6.45) is 1.82. The highest BCUT2D eigenvalue weighted by atomic mass is 32.1. The first-order valence-corrected chi connectivity index (χ1v) is 11.0. The van der Waals surface area contributed by atoms with Gasteiger partial charge in [0, 0.05) is 13.1 Å². The summed E-state index contributed by atoms with van der Waals surface area (Å²) < 4.78 is 11.3. The van der Waals surface area contributed by atoms with Crippen LogP contribution in [-0.4, -0.2) is 48.8 Å². The molecule has 6 heteroatoms. The largest absolute Gasteiger partial charge is 0.394 e. The van der Waals surface area contributed by atoms with Crippen molar-refractivity contribution in [1.82, 2.24) is 4.90 Å². The molecule has 2 atom stereocenters. The number of ether oxygens (including phenoxy) is 2. The molecule has 1 fully saturated rings. The number of piperidine rings is 1. The van der Waals surface area contributed by atoms with Crippen LogP contribution >= 0.6 is 22.7 Å². The lowest BCUT2D eigenvalue weighted by atomic mass is 9.91. The zero-order valence-electron chi connectivity index (χ0n) is 15.4. The van der Waals surface area contributed by atoms with Crippen molar-refractivity contribution in [2.45, 2.75) is 39.2 Å². The molecule has 2 aromatic heterocycles. The maximum atomic E-state index is 8.84. The van der Waals surface area contributed by atoms with Crippen LogP contribution in [0, 0.1) is 0 Å². The van der Waals surface area contributed by atoms with E-state index in [1.807, 2.05) is 6.92 Å². The van der Waals surface area contributed by atoms with Gasteiger partial charge in [0.15, 0.2) is 6.29 Å². The van der Waals surface area contributed by atoms with E-state index in [1.54, 1.807) is 22.7 Å². The molecule has 0 saturated carbocycles. The molecule has 142 valence electrons. The standard InChI is InChI=1S/C20H27NO3S2/c1-15(24-16(2)23-10-9-22)21-7-3-17(4-8-21)20(18-5-11-25-13-18)19-6-12-26-14-19/h5-6,11-16,22H,3-4,7-10H2,1-2H3. The number of aliphatic hydroxyl groups excluding tert-OH is 1. The Bertz CT molecular complexity index is 636. The number of hydrogen-bond acceptors (Lipinski definition) is 6. The van der Waals surface area contributed by atoms with E-state index in [2.05, 4.69) is 45.5 Å². The molecule has 3 rings (SSSR count). The average Bonchev–Trinajstić information content (AvgIpc) is 3.35. The molecule has 0 radical (unpaired) electrons. The van der Waals surface area contributed by atoms with Gasteiger partial charge in [-0.15, -0.1) is 0 Å². The van der Waals surface area contributed by atoms with Gasteiger partial charge in [0.2, 0.25) is 0 Å². The molecule has 0 aliphatic carbocycles. The maximum absolute atomic E-state index is 8.84. The van der Waals surface area contributed by atoms with Gasteiger partial charge in [-0.05, 0) is 77.0 Å². The molecule has 1 aliphatic heterocycles. The van der Waals surface area contributed by atoms with E-state index in [0.717, 1.165) is 25.9 Å². The minimum absolute atomic E-state index is 0.0102. The number of thiophene rings is 2. The van der Waals surface area contributed by atoms with Crippen LogP contribution in [0.15, 0.2) is 39.2 Å². The van der Waals surface area contributed by atoms with Gasteiger partial charge in [0.1, 0.15) is 6.23 Å². The Hall–Kier alpha value is -1.02. The third-order valence-electron chi connectivity index (χ3n) is 4.72. The highest BCUT2D eigenvalue weighted by molar-refractivity contribution is 7.08. The van der Waals surface area contributed by atoms with Crippen LogP contribution in [0.4, 0.5) is 0 Å². The van der Waals surface area contributed by atoms with Crippen molar-refractivity contribution < 1.29 is 14.6 Å². The number of aliphatic hydroxyl groups is 1. The molecule has 1 N–H and O–H groups in total. The quantitative estimate of drug-likeness (QED) is 0.674. The number of rotatable bonds is 8. The number of hydrogen-bond donors (Lipinski definition) is 1. The highest BCUT2D eigenvalue weighted by Crippen LogP contribution is 2.34. The van der Waals surface area contributed by atoms with Gasteiger partial charge in [-0.3, -0.25) is 4.90 Å². The normalized spacial score (nSPS) is 18.0. The molecular weight excluding hydrogens is 366 g/mol. The maximum Gasteiger partial charge on any atom is 0.156 e. The topological polar surface area (TPSA) is 41.9 Å². The van der Waals surface area contributed by atoms with Gasteiger partial charge in [-0.25, -0.2) is 0 Å². The van der Waals surface area contributed by atoms with E-state index >= 15 is 0 Å². The van der Waals surface area contributed by atoms with Crippen LogP contribution in [0.5, 0.6) is 0 Å². The minimum atomic E-state index is -0.304. The smallest absolute Gasteiger partial charge is 0.156 e. The lowest BCUT2D eigenvalue weighted by Gasteiger charge is -2.35. The molecule has 4 nitrogen and oxygen atoms in total. The molecular formula is C20H27NO3S2. The molecule has 0 spiro atoms. The van der Waals surface area contributed by atoms with Crippen molar-refractivity contribution in [3.8, 4) is 0 Å². The van der Waals surface area contributed by atoms with E-state index in [4.69, 9.17) is 14.6 Å².